The normalized spacial score (nSPS) is 21.0. The molecule has 2 aromatic carbocycles. The minimum atomic E-state index is -1.24. The second kappa shape index (κ2) is 11.3. The van der Waals surface area contributed by atoms with E-state index < -0.39 is 52.7 Å². The number of thioether (sulfide) groups is 1. The first-order valence-electron chi connectivity index (χ1n) is 12.1. The van der Waals surface area contributed by atoms with Crippen molar-refractivity contribution in [3.63, 3.8) is 0 Å². The molecule has 3 unspecified atom stereocenters. The number of hydrogen-bond acceptors (Lipinski definition) is 8. The fourth-order valence-corrected chi connectivity index (χ4v) is 5.25. The third-order valence-electron chi connectivity index (χ3n) is 5.98. The van der Waals surface area contributed by atoms with Crippen LogP contribution in [-0.2, 0) is 35.3 Å². The Balaban J connectivity index is 1.42. The number of β-lactam (4-membered cyclic amide) rings is 1. The molecule has 9 nitrogen and oxygen atoms in total. The molecular weight excluding hydrogens is 508 g/mol. The summed E-state index contributed by atoms with van der Waals surface area (Å²) in [6.45, 7) is 5.20. The van der Waals surface area contributed by atoms with Gasteiger partial charge in [-0.25, -0.2) is 4.79 Å². The van der Waals surface area contributed by atoms with Crippen molar-refractivity contribution in [3.05, 3.63) is 77.2 Å². The van der Waals surface area contributed by atoms with Crippen LogP contribution in [0.3, 0.4) is 0 Å². The average Bonchev–Trinajstić information content (AvgIpc) is 2.89. The number of ether oxygens (including phenoxy) is 3. The molecule has 2 aromatic rings. The average molecular weight is 539 g/mol. The van der Waals surface area contributed by atoms with Crippen LogP contribution in [0, 0.1) is 0 Å². The van der Waals surface area contributed by atoms with E-state index in [0.717, 1.165) is 5.56 Å². The predicted molar refractivity (Wildman–Crippen MR) is 141 cm³/mol. The molecule has 10 heteroatoms. The number of benzene rings is 2. The molecule has 2 amide bonds. The van der Waals surface area contributed by atoms with Gasteiger partial charge in [0.05, 0.1) is 7.11 Å². The maximum absolute atomic E-state index is 13.3. The van der Waals surface area contributed by atoms with Gasteiger partial charge in [0.25, 0.3) is 0 Å². The van der Waals surface area contributed by atoms with Gasteiger partial charge in [-0.15, -0.1) is 11.8 Å². The largest absolute Gasteiger partial charge is 0.497 e. The first-order chi connectivity index (χ1) is 18.1. The van der Waals surface area contributed by atoms with E-state index in [1.54, 1.807) is 94.0 Å². The Morgan fingerprint density at radius 2 is 1.74 bits per heavy atom. The fourth-order valence-electron chi connectivity index (χ4n) is 4.14. The maximum atomic E-state index is 13.3. The van der Waals surface area contributed by atoms with E-state index in [9.17, 15) is 19.2 Å². The molecule has 1 saturated heterocycles. The number of rotatable bonds is 8. The molecule has 0 radical (unpaired) electrons. The van der Waals surface area contributed by atoms with Crippen molar-refractivity contribution < 1.29 is 33.4 Å². The molecule has 0 bridgehead atoms. The van der Waals surface area contributed by atoms with Gasteiger partial charge in [0, 0.05) is 0 Å². The van der Waals surface area contributed by atoms with E-state index >= 15 is 0 Å². The van der Waals surface area contributed by atoms with E-state index in [2.05, 4.69) is 5.32 Å². The van der Waals surface area contributed by atoms with E-state index in [0.29, 0.717) is 11.3 Å². The topological polar surface area (TPSA) is 111 Å². The smallest absolute Gasteiger partial charge is 0.333 e. The molecule has 2 aliphatic rings. The molecular formula is C28H30N2O7S. The Morgan fingerprint density at radius 3 is 2.37 bits per heavy atom. The molecule has 0 saturated carbocycles. The van der Waals surface area contributed by atoms with Gasteiger partial charge < -0.3 is 24.4 Å². The number of esters is 2. The van der Waals surface area contributed by atoms with E-state index in [4.69, 9.17) is 14.2 Å². The summed E-state index contributed by atoms with van der Waals surface area (Å²) >= 11 is 1.30. The number of carbonyl (C=O) groups excluding carboxylic acids is 4. The molecule has 2 aliphatic heterocycles. The zero-order valence-electron chi connectivity index (χ0n) is 21.6. The molecule has 0 spiro atoms. The second-order valence-electron chi connectivity index (χ2n) is 9.86. The lowest BCUT2D eigenvalue weighted by Crippen LogP contribution is -2.73. The number of amides is 2. The summed E-state index contributed by atoms with van der Waals surface area (Å²) in [5.41, 5.74) is 0.440. The SMILES string of the molecule is COc1ccc(COC(=O)C2C=CS[C@H]3C(NC(=O)C(C(=O)OC(C)(C)C)c4ccccc4)C(=O)N23)cc1. The first-order valence-corrected chi connectivity index (χ1v) is 13.1. The van der Waals surface area contributed by atoms with Gasteiger partial charge in [-0.1, -0.05) is 42.5 Å². The van der Waals surface area contributed by atoms with Crippen LogP contribution in [0.25, 0.3) is 0 Å². The number of carbonyl (C=O) groups is 4. The van der Waals surface area contributed by atoms with Gasteiger partial charge in [-0.2, -0.15) is 0 Å². The third-order valence-corrected chi connectivity index (χ3v) is 7.07. The minimum absolute atomic E-state index is 0.0435. The Bertz CT molecular complexity index is 1220. The second-order valence-corrected chi connectivity index (χ2v) is 10.9. The molecule has 2 heterocycles. The molecule has 38 heavy (non-hydrogen) atoms. The fraction of sp³-hybridized carbons (Fsp3) is 0.357. The highest BCUT2D eigenvalue weighted by atomic mass is 32.2. The Kier molecular flexibility index (Phi) is 8.11. The van der Waals surface area contributed by atoms with Crippen molar-refractivity contribution in [2.75, 3.05) is 7.11 Å². The van der Waals surface area contributed by atoms with Crippen LogP contribution < -0.4 is 10.1 Å². The van der Waals surface area contributed by atoms with Crippen molar-refractivity contribution in [1.82, 2.24) is 10.2 Å². The van der Waals surface area contributed by atoms with Crippen molar-refractivity contribution in [1.29, 1.82) is 0 Å². The highest BCUT2D eigenvalue weighted by Crippen LogP contribution is 2.38. The Hall–Kier alpha value is -3.79. The quantitative estimate of drug-likeness (QED) is 0.310. The van der Waals surface area contributed by atoms with Gasteiger partial charge in [0.2, 0.25) is 11.8 Å². The summed E-state index contributed by atoms with van der Waals surface area (Å²) in [6.07, 6.45) is 1.60. The van der Waals surface area contributed by atoms with Crippen LogP contribution in [0.5, 0.6) is 5.75 Å². The summed E-state index contributed by atoms with van der Waals surface area (Å²) in [4.78, 5) is 53.5. The van der Waals surface area contributed by atoms with Crippen LogP contribution in [0.2, 0.25) is 0 Å². The number of methoxy groups -OCH3 is 1. The summed E-state index contributed by atoms with van der Waals surface area (Å²) in [6, 6.07) is 13.8. The molecule has 4 atom stereocenters. The van der Waals surface area contributed by atoms with Crippen LogP contribution >= 0.6 is 11.8 Å². The number of nitrogens with zero attached hydrogens (tertiary/aromatic N) is 1. The molecule has 0 aromatic heterocycles. The van der Waals surface area contributed by atoms with Crippen molar-refractivity contribution in [2.24, 2.45) is 0 Å². The molecule has 200 valence electrons. The summed E-state index contributed by atoms with van der Waals surface area (Å²) in [7, 11) is 1.57. The van der Waals surface area contributed by atoms with Crippen LogP contribution in [0.1, 0.15) is 37.8 Å². The molecule has 1 fully saturated rings. The highest BCUT2D eigenvalue weighted by Gasteiger charge is 2.55. The highest BCUT2D eigenvalue weighted by molar-refractivity contribution is 8.02. The van der Waals surface area contributed by atoms with Crippen LogP contribution in [0.4, 0.5) is 0 Å². The zero-order valence-corrected chi connectivity index (χ0v) is 22.4. The first kappa shape index (κ1) is 27.3. The van der Waals surface area contributed by atoms with Crippen molar-refractivity contribution in [2.45, 2.75) is 56.4 Å². The molecule has 4 rings (SSSR count). The number of hydrogen-bond donors (Lipinski definition) is 1. The number of fused-ring (bicyclic) bond motifs is 1. The van der Waals surface area contributed by atoms with Gasteiger partial charge in [-0.05, 0) is 55.5 Å². The predicted octanol–water partition coefficient (Wildman–Crippen LogP) is 3.15. The van der Waals surface area contributed by atoms with E-state index in [1.807, 2.05) is 0 Å². The molecule has 0 aliphatic carbocycles. The third kappa shape index (κ3) is 6.02. The lowest BCUT2D eigenvalue weighted by atomic mass is 9.96. The van der Waals surface area contributed by atoms with Crippen molar-refractivity contribution >= 4 is 35.5 Å². The van der Waals surface area contributed by atoms with Gasteiger partial charge in [-0.3, -0.25) is 14.4 Å². The van der Waals surface area contributed by atoms with Gasteiger partial charge >= 0.3 is 11.9 Å². The Labute approximate surface area is 225 Å². The molecule has 1 N–H and O–H groups in total. The van der Waals surface area contributed by atoms with E-state index in [-0.39, 0.29) is 6.61 Å². The maximum Gasteiger partial charge on any atom is 0.333 e. The number of nitrogens with one attached hydrogen (secondary N) is 1. The lowest BCUT2D eigenvalue weighted by molar-refractivity contribution is -0.164. The monoisotopic (exact) mass is 538 g/mol. The summed E-state index contributed by atoms with van der Waals surface area (Å²) in [5, 5.41) is 3.92. The zero-order chi connectivity index (χ0) is 27.4. The Morgan fingerprint density at radius 1 is 1.05 bits per heavy atom. The standard InChI is InChI=1S/C28H30N2O7S/c1-28(2,3)37-27(34)21(18-8-6-5-7-9-18)23(31)29-22-24(32)30-20(14-15-38-25(22)30)26(33)36-16-17-10-12-19(35-4)13-11-17/h5-15,20-22,25H,16H2,1-4H3,(H,29,31)/t20?,21?,22?,25-/m0/s1. The lowest BCUT2D eigenvalue weighted by Gasteiger charge is -2.50. The van der Waals surface area contributed by atoms with E-state index in [1.165, 1.54) is 16.7 Å². The van der Waals surface area contributed by atoms with Crippen LogP contribution in [-0.4, -0.2) is 58.8 Å². The minimum Gasteiger partial charge on any atom is -0.497 e. The van der Waals surface area contributed by atoms with Crippen LogP contribution in [0.15, 0.2) is 66.1 Å². The van der Waals surface area contributed by atoms with Gasteiger partial charge in [0.15, 0.2) is 5.92 Å². The summed E-state index contributed by atoms with van der Waals surface area (Å²) in [5.74, 6) is -2.90. The van der Waals surface area contributed by atoms with Crippen molar-refractivity contribution in [3.8, 4) is 5.75 Å². The van der Waals surface area contributed by atoms with Gasteiger partial charge in [0.1, 0.15) is 35.4 Å². The summed E-state index contributed by atoms with van der Waals surface area (Å²) < 4.78 is 16.1.